The van der Waals surface area contributed by atoms with Gasteiger partial charge < -0.3 is 25.2 Å². The van der Waals surface area contributed by atoms with Crippen LogP contribution in [0.4, 0.5) is 0 Å². The molecule has 7 heteroatoms. The van der Waals surface area contributed by atoms with Gasteiger partial charge in [-0.05, 0) is 30.6 Å². The number of hydrogen-bond acceptors (Lipinski definition) is 5. The van der Waals surface area contributed by atoms with Crippen molar-refractivity contribution in [3.63, 3.8) is 0 Å². The highest BCUT2D eigenvalue weighted by Gasteiger charge is 2.61. The Morgan fingerprint density at radius 2 is 2.24 bits per heavy atom. The molecule has 0 spiro atoms. The quantitative estimate of drug-likeness (QED) is 0.588. The summed E-state index contributed by atoms with van der Waals surface area (Å²) >= 11 is 0. The van der Waals surface area contributed by atoms with Gasteiger partial charge in [0.15, 0.2) is 0 Å². The monoisotopic (exact) mass is 296 g/mol. The minimum Gasteiger partial charge on any atom is -0.373 e. The summed E-state index contributed by atoms with van der Waals surface area (Å²) in [6.07, 6.45) is 2.21. The Balaban J connectivity index is 1.36. The SMILES string of the molecule is O=C(CN1C(=O)CCC1O)NC1(O)CC2CC3CC(O1)C32. The highest BCUT2D eigenvalue weighted by Crippen LogP contribution is 2.61. The minimum absolute atomic E-state index is 0.0480. The molecule has 6 atom stereocenters. The van der Waals surface area contributed by atoms with Gasteiger partial charge in [-0.3, -0.25) is 9.59 Å². The van der Waals surface area contributed by atoms with Crippen LogP contribution in [-0.2, 0) is 14.3 Å². The largest absolute Gasteiger partial charge is 0.373 e. The Morgan fingerprint density at radius 1 is 1.43 bits per heavy atom. The third-order valence-electron chi connectivity index (χ3n) is 5.49. The molecular formula is C14H20N2O5. The van der Waals surface area contributed by atoms with E-state index in [4.69, 9.17) is 4.74 Å². The van der Waals surface area contributed by atoms with Gasteiger partial charge in [0.1, 0.15) is 12.8 Å². The average molecular weight is 296 g/mol. The number of aliphatic hydroxyl groups excluding tert-OH is 1. The van der Waals surface area contributed by atoms with Crippen LogP contribution in [0.1, 0.15) is 32.1 Å². The predicted octanol–water partition coefficient (Wildman–Crippen LogP) is -0.866. The lowest BCUT2D eigenvalue weighted by Crippen LogP contribution is -2.68. The van der Waals surface area contributed by atoms with Crippen LogP contribution in [0, 0.1) is 17.8 Å². The predicted molar refractivity (Wildman–Crippen MR) is 69.2 cm³/mol. The lowest BCUT2D eigenvalue weighted by molar-refractivity contribution is -0.353. The van der Waals surface area contributed by atoms with Gasteiger partial charge in [0.05, 0.1) is 6.10 Å². The summed E-state index contributed by atoms with van der Waals surface area (Å²) in [5.41, 5.74) is 0. The molecule has 4 aliphatic rings. The minimum atomic E-state index is -1.62. The lowest BCUT2D eigenvalue weighted by atomic mass is 9.49. The molecular weight excluding hydrogens is 276 g/mol. The van der Waals surface area contributed by atoms with Gasteiger partial charge in [-0.2, -0.15) is 0 Å². The van der Waals surface area contributed by atoms with Gasteiger partial charge in [0.25, 0.3) is 0 Å². The summed E-state index contributed by atoms with van der Waals surface area (Å²) in [5, 5.41) is 22.6. The van der Waals surface area contributed by atoms with Crippen LogP contribution < -0.4 is 5.32 Å². The van der Waals surface area contributed by atoms with Crippen molar-refractivity contribution in [3.8, 4) is 0 Å². The number of amides is 2. The van der Waals surface area contributed by atoms with Gasteiger partial charge in [-0.15, -0.1) is 0 Å². The molecule has 2 saturated heterocycles. The maximum absolute atomic E-state index is 12.0. The van der Waals surface area contributed by atoms with Crippen LogP contribution >= 0.6 is 0 Å². The third kappa shape index (κ3) is 2.06. The molecule has 0 aromatic rings. The van der Waals surface area contributed by atoms with Crippen LogP contribution in [0.2, 0.25) is 0 Å². The zero-order valence-corrected chi connectivity index (χ0v) is 11.7. The van der Waals surface area contributed by atoms with Gasteiger partial charge >= 0.3 is 0 Å². The van der Waals surface area contributed by atoms with Gasteiger partial charge in [0, 0.05) is 19.3 Å². The average Bonchev–Trinajstić information content (AvgIpc) is 2.65. The molecule has 116 valence electrons. The van der Waals surface area contributed by atoms with Gasteiger partial charge in [-0.1, -0.05) is 0 Å². The summed E-state index contributed by atoms with van der Waals surface area (Å²) in [6.45, 7) is -0.243. The van der Waals surface area contributed by atoms with Crippen molar-refractivity contribution in [1.82, 2.24) is 10.2 Å². The molecule has 6 unspecified atom stereocenters. The second-order valence-corrected chi connectivity index (χ2v) is 6.80. The third-order valence-corrected chi connectivity index (χ3v) is 5.49. The van der Waals surface area contributed by atoms with Crippen LogP contribution in [0.5, 0.6) is 0 Å². The molecule has 3 N–H and O–H groups in total. The van der Waals surface area contributed by atoms with Crippen molar-refractivity contribution in [3.05, 3.63) is 0 Å². The fraction of sp³-hybridized carbons (Fsp3) is 0.857. The number of aliphatic hydroxyl groups is 2. The van der Waals surface area contributed by atoms with E-state index in [1.165, 1.54) is 0 Å². The number of carbonyl (C=O) groups excluding carboxylic acids is 2. The van der Waals surface area contributed by atoms with E-state index in [-0.39, 0.29) is 25.0 Å². The molecule has 21 heavy (non-hydrogen) atoms. The topological polar surface area (TPSA) is 99.1 Å². The first-order valence-corrected chi connectivity index (χ1v) is 7.64. The molecule has 2 aliphatic carbocycles. The van der Waals surface area contributed by atoms with Crippen molar-refractivity contribution in [2.75, 3.05) is 6.54 Å². The van der Waals surface area contributed by atoms with Crippen molar-refractivity contribution in [1.29, 1.82) is 0 Å². The number of likely N-dealkylation sites (tertiary alicyclic amines) is 1. The molecule has 0 bridgehead atoms. The van der Waals surface area contributed by atoms with Crippen molar-refractivity contribution in [2.24, 2.45) is 17.8 Å². The number of ether oxygens (including phenoxy) is 1. The van der Waals surface area contributed by atoms with E-state index in [1.807, 2.05) is 0 Å². The molecule has 4 fully saturated rings. The molecule has 2 amide bonds. The van der Waals surface area contributed by atoms with Crippen LogP contribution in [0.3, 0.4) is 0 Å². The summed E-state index contributed by atoms with van der Waals surface area (Å²) in [6, 6.07) is 0. The van der Waals surface area contributed by atoms with Crippen LogP contribution in [-0.4, -0.2) is 51.7 Å². The smallest absolute Gasteiger partial charge is 0.249 e. The zero-order valence-electron chi connectivity index (χ0n) is 11.7. The highest BCUT2D eigenvalue weighted by atomic mass is 16.7. The summed E-state index contributed by atoms with van der Waals surface area (Å²) < 4.78 is 5.62. The molecule has 7 nitrogen and oxygen atoms in total. The highest BCUT2D eigenvalue weighted by molar-refractivity contribution is 5.86. The number of nitrogens with zero attached hydrogens (tertiary/aromatic N) is 1. The molecule has 2 aliphatic heterocycles. The van der Waals surface area contributed by atoms with E-state index >= 15 is 0 Å². The Morgan fingerprint density at radius 3 is 2.86 bits per heavy atom. The molecule has 2 saturated carbocycles. The van der Waals surface area contributed by atoms with Crippen LogP contribution in [0.25, 0.3) is 0 Å². The van der Waals surface area contributed by atoms with Gasteiger partial charge in [-0.25, -0.2) is 0 Å². The second kappa shape index (κ2) is 4.41. The first kappa shape index (κ1) is 13.5. The first-order chi connectivity index (χ1) is 9.95. The van der Waals surface area contributed by atoms with E-state index in [0.717, 1.165) is 23.7 Å². The van der Waals surface area contributed by atoms with Crippen molar-refractivity contribution >= 4 is 11.8 Å². The maximum atomic E-state index is 12.0. The normalized spacial score (nSPS) is 47.4. The van der Waals surface area contributed by atoms with E-state index < -0.39 is 18.0 Å². The zero-order chi connectivity index (χ0) is 14.8. The summed E-state index contributed by atoms with van der Waals surface area (Å²) in [4.78, 5) is 24.7. The van der Waals surface area contributed by atoms with E-state index in [9.17, 15) is 19.8 Å². The molecule has 0 aromatic heterocycles. The number of nitrogens with one attached hydrogen (secondary N) is 1. The van der Waals surface area contributed by atoms with Crippen molar-refractivity contribution in [2.45, 2.75) is 50.3 Å². The van der Waals surface area contributed by atoms with E-state index in [0.29, 0.717) is 24.7 Å². The number of hydrogen-bond donors (Lipinski definition) is 3. The first-order valence-electron chi connectivity index (χ1n) is 7.64. The molecule has 2 heterocycles. The Kier molecular flexibility index (Phi) is 2.83. The molecule has 4 rings (SSSR count). The second-order valence-electron chi connectivity index (χ2n) is 6.80. The van der Waals surface area contributed by atoms with E-state index in [1.54, 1.807) is 0 Å². The molecule has 0 aromatic carbocycles. The maximum Gasteiger partial charge on any atom is 0.249 e. The standard InChI is InChI=1S/C14H20N2O5/c17-10(6-16-11(18)1-2-12(16)19)15-14(20)5-8-3-7-4-9(21-14)13(7)8/h7-9,11,13,18,20H,1-6H2,(H,15,17). The van der Waals surface area contributed by atoms with E-state index in [2.05, 4.69) is 5.32 Å². The fourth-order valence-electron chi connectivity index (χ4n) is 4.42. The lowest BCUT2D eigenvalue weighted by Gasteiger charge is -2.63. The van der Waals surface area contributed by atoms with Gasteiger partial charge in [0.2, 0.25) is 17.7 Å². The Bertz CT molecular complexity index is 480. The van der Waals surface area contributed by atoms with Crippen LogP contribution in [0.15, 0.2) is 0 Å². The number of rotatable bonds is 3. The fourth-order valence-corrected chi connectivity index (χ4v) is 4.42. The molecule has 0 radical (unpaired) electrons. The number of carbonyl (C=O) groups is 2. The van der Waals surface area contributed by atoms with Crippen molar-refractivity contribution < 1.29 is 24.5 Å². The Labute approximate surface area is 122 Å². The Hall–Kier alpha value is -1.18. The summed E-state index contributed by atoms with van der Waals surface area (Å²) in [5.74, 6) is -0.633. The summed E-state index contributed by atoms with van der Waals surface area (Å²) in [7, 11) is 0.